The van der Waals surface area contributed by atoms with Gasteiger partial charge in [-0.2, -0.15) is 0 Å². The van der Waals surface area contributed by atoms with Crippen molar-refractivity contribution in [1.82, 2.24) is 25.3 Å². The Bertz CT molecular complexity index is 536. The molecule has 5 heteroatoms. The Kier molecular flexibility index (Phi) is 2.98. The van der Waals surface area contributed by atoms with Crippen LogP contribution in [0.15, 0.2) is 24.7 Å². The second-order valence-electron chi connectivity index (χ2n) is 4.57. The fraction of sp³-hybridized carbons (Fsp3) is 0.385. The van der Waals surface area contributed by atoms with Gasteiger partial charge in [0.15, 0.2) is 5.82 Å². The lowest BCUT2D eigenvalue weighted by atomic mass is 10.3. The largest absolute Gasteiger partial charge is 0.308 e. The average molecular weight is 241 g/mol. The van der Waals surface area contributed by atoms with Gasteiger partial charge in [0, 0.05) is 30.7 Å². The van der Waals surface area contributed by atoms with Crippen LogP contribution in [-0.2, 0) is 6.54 Å². The van der Waals surface area contributed by atoms with Gasteiger partial charge in [-0.25, -0.2) is 15.0 Å². The second-order valence-corrected chi connectivity index (χ2v) is 4.57. The number of nitrogens with one attached hydrogen (secondary N) is 1. The molecule has 0 aromatic carbocycles. The molecule has 1 aliphatic carbocycles. The molecule has 0 aliphatic heterocycles. The molecule has 2 aromatic rings. The number of aromatic nitrogens is 4. The normalized spacial score (nSPS) is 14.7. The molecule has 18 heavy (non-hydrogen) atoms. The average Bonchev–Trinajstić information content (AvgIpc) is 3.21. The van der Waals surface area contributed by atoms with Gasteiger partial charge in [0.05, 0.1) is 11.9 Å². The van der Waals surface area contributed by atoms with Crippen molar-refractivity contribution in [2.24, 2.45) is 0 Å². The first-order chi connectivity index (χ1) is 8.81. The third-order valence-corrected chi connectivity index (χ3v) is 2.85. The molecule has 1 aliphatic rings. The summed E-state index contributed by atoms with van der Waals surface area (Å²) < 4.78 is 0. The zero-order valence-electron chi connectivity index (χ0n) is 10.3. The van der Waals surface area contributed by atoms with E-state index in [-0.39, 0.29) is 0 Å². The summed E-state index contributed by atoms with van der Waals surface area (Å²) in [5.74, 6) is 0.649. The highest BCUT2D eigenvalue weighted by Crippen LogP contribution is 2.19. The first-order valence-corrected chi connectivity index (χ1v) is 6.15. The highest BCUT2D eigenvalue weighted by atomic mass is 15.0. The van der Waals surface area contributed by atoms with Crippen molar-refractivity contribution in [2.75, 3.05) is 0 Å². The van der Waals surface area contributed by atoms with E-state index in [0.717, 1.165) is 17.9 Å². The number of aryl methyl sites for hydroxylation is 1. The van der Waals surface area contributed by atoms with E-state index < -0.39 is 0 Å². The summed E-state index contributed by atoms with van der Waals surface area (Å²) in [6.45, 7) is 2.77. The Morgan fingerprint density at radius 1 is 1.28 bits per heavy atom. The van der Waals surface area contributed by atoms with Crippen molar-refractivity contribution in [3.63, 3.8) is 0 Å². The van der Waals surface area contributed by atoms with Crippen LogP contribution in [0.3, 0.4) is 0 Å². The van der Waals surface area contributed by atoms with Gasteiger partial charge < -0.3 is 5.32 Å². The molecule has 0 bridgehead atoms. The fourth-order valence-electron chi connectivity index (χ4n) is 1.79. The molecule has 1 saturated carbocycles. The van der Waals surface area contributed by atoms with Crippen LogP contribution < -0.4 is 5.32 Å². The summed E-state index contributed by atoms with van der Waals surface area (Å²) in [5, 5.41) is 3.45. The molecule has 2 aromatic heterocycles. The molecule has 3 rings (SSSR count). The van der Waals surface area contributed by atoms with E-state index in [0.29, 0.717) is 17.6 Å². The monoisotopic (exact) mass is 241 g/mol. The maximum Gasteiger partial charge on any atom is 0.180 e. The van der Waals surface area contributed by atoms with Crippen LogP contribution >= 0.6 is 0 Å². The Labute approximate surface area is 106 Å². The molecule has 0 spiro atoms. The minimum atomic E-state index is 0.649. The van der Waals surface area contributed by atoms with Gasteiger partial charge >= 0.3 is 0 Å². The van der Waals surface area contributed by atoms with Crippen LogP contribution in [0.1, 0.15) is 24.2 Å². The summed E-state index contributed by atoms with van der Waals surface area (Å²) >= 11 is 0. The second kappa shape index (κ2) is 4.78. The molecule has 0 atom stereocenters. The minimum absolute atomic E-state index is 0.649. The zero-order chi connectivity index (χ0) is 12.4. The van der Waals surface area contributed by atoms with Gasteiger partial charge in [0.25, 0.3) is 0 Å². The van der Waals surface area contributed by atoms with Crippen LogP contribution in [0, 0.1) is 6.92 Å². The Balaban J connectivity index is 1.85. The minimum Gasteiger partial charge on any atom is -0.308 e. The lowest BCUT2D eigenvalue weighted by Crippen LogP contribution is -2.16. The molecule has 0 radical (unpaired) electrons. The summed E-state index contributed by atoms with van der Waals surface area (Å²) in [6, 6.07) is 2.69. The molecule has 0 unspecified atom stereocenters. The van der Waals surface area contributed by atoms with E-state index in [1.54, 1.807) is 18.6 Å². The summed E-state index contributed by atoms with van der Waals surface area (Å²) in [7, 11) is 0. The lowest BCUT2D eigenvalue weighted by molar-refractivity contribution is 0.672. The maximum absolute atomic E-state index is 4.53. The SMILES string of the molecule is Cc1cc(CNC2CC2)nc(-c2cnccn2)n1. The topological polar surface area (TPSA) is 63.6 Å². The highest BCUT2D eigenvalue weighted by Gasteiger charge is 2.20. The lowest BCUT2D eigenvalue weighted by Gasteiger charge is -2.06. The van der Waals surface area contributed by atoms with Crippen LogP contribution in [-0.4, -0.2) is 26.0 Å². The van der Waals surface area contributed by atoms with Crippen molar-refractivity contribution in [1.29, 1.82) is 0 Å². The van der Waals surface area contributed by atoms with Gasteiger partial charge in [-0.05, 0) is 25.8 Å². The zero-order valence-corrected chi connectivity index (χ0v) is 10.3. The van der Waals surface area contributed by atoms with Crippen molar-refractivity contribution < 1.29 is 0 Å². The molecule has 92 valence electrons. The number of rotatable bonds is 4. The predicted molar refractivity (Wildman–Crippen MR) is 67.7 cm³/mol. The molecule has 1 N–H and O–H groups in total. The first kappa shape index (κ1) is 11.2. The van der Waals surface area contributed by atoms with Gasteiger partial charge in [-0.1, -0.05) is 0 Å². The number of hydrogen-bond acceptors (Lipinski definition) is 5. The van der Waals surface area contributed by atoms with Crippen LogP contribution in [0.4, 0.5) is 0 Å². The standard InChI is InChI=1S/C13H15N5/c1-9-6-11(7-16-10-2-3-10)18-13(17-9)12-8-14-4-5-15-12/h4-6,8,10,16H,2-3,7H2,1H3. The number of hydrogen-bond donors (Lipinski definition) is 1. The van der Waals surface area contributed by atoms with Crippen LogP contribution in [0.2, 0.25) is 0 Å². The van der Waals surface area contributed by atoms with E-state index in [1.165, 1.54) is 12.8 Å². The van der Waals surface area contributed by atoms with E-state index in [9.17, 15) is 0 Å². The summed E-state index contributed by atoms with van der Waals surface area (Å²) in [5.41, 5.74) is 2.68. The van der Waals surface area contributed by atoms with Crippen molar-refractivity contribution in [2.45, 2.75) is 32.4 Å². The third-order valence-electron chi connectivity index (χ3n) is 2.85. The van der Waals surface area contributed by atoms with E-state index in [1.807, 2.05) is 13.0 Å². The molecular weight excluding hydrogens is 226 g/mol. The summed E-state index contributed by atoms with van der Waals surface area (Å²) in [6.07, 6.45) is 7.55. The molecule has 5 nitrogen and oxygen atoms in total. The molecule has 1 fully saturated rings. The van der Waals surface area contributed by atoms with Crippen molar-refractivity contribution in [3.8, 4) is 11.5 Å². The summed E-state index contributed by atoms with van der Waals surface area (Å²) in [4.78, 5) is 17.2. The Morgan fingerprint density at radius 2 is 2.17 bits per heavy atom. The third kappa shape index (κ3) is 2.68. The van der Waals surface area contributed by atoms with Crippen molar-refractivity contribution >= 4 is 0 Å². The molecule has 0 saturated heterocycles. The Morgan fingerprint density at radius 3 is 2.89 bits per heavy atom. The highest BCUT2D eigenvalue weighted by molar-refractivity contribution is 5.47. The predicted octanol–water partition coefficient (Wildman–Crippen LogP) is 1.49. The molecule has 2 heterocycles. The van der Waals surface area contributed by atoms with E-state index >= 15 is 0 Å². The van der Waals surface area contributed by atoms with Gasteiger partial charge in [-0.15, -0.1) is 0 Å². The Hall–Kier alpha value is -1.88. The van der Waals surface area contributed by atoms with Crippen LogP contribution in [0.5, 0.6) is 0 Å². The van der Waals surface area contributed by atoms with Crippen molar-refractivity contribution in [3.05, 3.63) is 36.0 Å². The van der Waals surface area contributed by atoms with E-state index in [2.05, 4.69) is 25.3 Å². The fourth-order valence-corrected chi connectivity index (χ4v) is 1.79. The maximum atomic E-state index is 4.53. The molecule has 0 amide bonds. The quantitative estimate of drug-likeness (QED) is 0.878. The first-order valence-electron chi connectivity index (χ1n) is 6.15. The smallest absolute Gasteiger partial charge is 0.180 e. The van der Waals surface area contributed by atoms with E-state index in [4.69, 9.17) is 0 Å². The van der Waals surface area contributed by atoms with Gasteiger partial charge in [0.2, 0.25) is 0 Å². The number of nitrogens with zero attached hydrogens (tertiary/aromatic N) is 4. The van der Waals surface area contributed by atoms with Crippen LogP contribution in [0.25, 0.3) is 11.5 Å². The van der Waals surface area contributed by atoms with Gasteiger partial charge in [0.1, 0.15) is 5.69 Å². The van der Waals surface area contributed by atoms with Gasteiger partial charge in [-0.3, -0.25) is 4.98 Å². The molecular formula is C13H15N5.